The summed E-state index contributed by atoms with van der Waals surface area (Å²) in [4.78, 5) is 8.43. The number of nitrogens with one attached hydrogen (secondary N) is 1. The molecule has 2 aromatic heterocycles. The molecule has 2 atom stereocenters. The van der Waals surface area contributed by atoms with Crippen LogP contribution in [0, 0.1) is 6.92 Å². The number of aromatic nitrogens is 4. The SMILES string of the molecule is Cc1cc(NC(C)C2CCCO2)n2ncnc2n1. The highest BCUT2D eigenvalue weighted by atomic mass is 16.5. The Morgan fingerprint density at radius 2 is 2.44 bits per heavy atom. The van der Waals surface area contributed by atoms with Gasteiger partial charge < -0.3 is 10.1 Å². The third-order valence-electron chi connectivity index (χ3n) is 3.28. The van der Waals surface area contributed by atoms with Gasteiger partial charge in [-0.15, -0.1) is 0 Å². The number of fused-ring (bicyclic) bond motifs is 1. The molecule has 6 nitrogen and oxygen atoms in total. The Hall–Kier alpha value is -1.69. The van der Waals surface area contributed by atoms with Crippen LogP contribution in [0.3, 0.4) is 0 Å². The largest absolute Gasteiger partial charge is 0.376 e. The number of aryl methyl sites for hydroxylation is 1. The summed E-state index contributed by atoms with van der Waals surface area (Å²) in [6.45, 7) is 4.95. The lowest BCUT2D eigenvalue weighted by Gasteiger charge is -2.21. The van der Waals surface area contributed by atoms with Crippen molar-refractivity contribution >= 4 is 11.6 Å². The first-order valence-electron chi connectivity index (χ1n) is 6.29. The zero-order valence-corrected chi connectivity index (χ0v) is 10.6. The zero-order chi connectivity index (χ0) is 12.5. The summed E-state index contributed by atoms with van der Waals surface area (Å²) in [6.07, 6.45) is 4.05. The molecule has 0 spiro atoms. The van der Waals surface area contributed by atoms with Crippen LogP contribution in [0.5, 0.6) is 0 Å². The van der Waals surface area contributed by atoms with Gasteiger partial charge in [-0.2, -0.15) is 14.6 Å². The molecule has 2 unspecified atom stereocenters. The molecule has 3 rings (SSSR count). The smallest absolute Gasteiger partial charge is 0.254 e. The molecule has 18 heavy (non-hydrogen) atoms. The molecule has 2 aromatic rings. The summed E-state index contributed by atoms with van der Waals surface area (Å²) < 4.78 is 7.41. The maximum atomic E-state index is 5.69. The Labute approximate surface area is 105 Å². The van der Waals surface area contributed by atoms with Gasteiger partial charge >= 0.3 is 0 Å². The first kappa shape index (κ1) is 11.4. The summed E-state index contributed by atoms with van der Waals surface area (Å²) >= 11 is 0. The van der Waals surface area contributed by atoms with E-state index in [1.807, 2.05) is 13.0 Å². The van der Waals surface area contributed by atoms with Crippen LogP contribution in [0.2, 0.25) is 0 Å². The molecule has 6 heteroatoms. The fourth-order valence-electron chi connectivity index (χ4n) is 2.36. The minimum Gasteiger partial charge on any atom is -0.376 e. The fourth-order valence-corrected chi connectivity index (χ4v) is 2.36. The molecule has 0 bridgehead atoms. The van der Waals surface area contributed by atoms with Crippen molar-refractivity contribution in [2.75, 3.05) is 11.9 Å². The lowest BCUT2D eigenvalue weighted by Crippen LogP contribution is -2.31. The maximum Gasteiger partial charge on any atom is 0.254 e. The number of anilines is 1. The van der Waals surface area contributed by atoms with Crippen molar-refractivity contribution in [2.24, 2.45) is 0 Å². The van der Waals surface area contributed by atoms with Gasteiger partial charge in [0.05, 0.1) is 12.1 Å². The van der Waals surface area contributed by atoms with Crippen LogP contribution in [0.25, 0.3) is 5.78 Å². The van der Waals surface area contributed by atoms with Crippen molar-refractivity contribution in [1.82, 2.24) is 19.6 Å². The molecule has 1 aliphatic rings. The molecule has 1 saturated heterocycles. The standard InChI is InChI=1S/C12H17N5O/c1-8-6-11(17-12(15-8)13-7-14-17)16-9(2)10-4-3-5-18-10/h6-7,9-10,16H,3-5H2,1-2H3. The Balaban J connectivity index is 1.86. The lowest BCUT2D eigenvalue weighted by atomic mass is 10.1. The summed E-state index contributed by atoms with van der Waals surface area (Å²) in [5.41, 5.74) is 0.928. The predicted molar refractivity (Wildman–Crippen MR) is 67.6 cm³/mol. The summed E-state index contributed by atoms with van der Waals surface area (Å²) in [5.74, 6) is 1.54. The molecule has 3 heterocycles. The Morgan fingerprint density at radius 1 is 1.56 bits per heavy atom. The van der Waals surface area contributed by atoms with E-state index < -0.39 is 0 Å². The van der Waals surface area contributed by atoms with Crippen LogP contribution >= 0.6 is 0 Å². The van der Waals surface area contributed by atoms with E-state index in [1.54, 1.807) is 4.52 Å². The van der Waals surface area contributed by atoms with Gasteiger partial charge in [0.2, 0.25) is 0 Å². The number of ether oxygens (including phenoxy) is 1. The van der Waals surface area contributed by atoms with Crippen molar-refractivity contribution in [3.63, 3.8) is 0 Å². The summed E-state index contributed by atoms with van der Waals surface area (Å²) in [6, 6.07) is 2.23. The summed E-state index contributed by atoms with van der Waals surface area (Å²) in [5, 5.41) is 7.63. The van der Waals surface area contributed by atoms with E-state index in [-0.39, 0.29) is 12.1 Å². The topological polar surface area (TPSA) is 64.3 Å². The van der Waals surface area contributed by atoms with Crippen molar-refractivity contribution < 1.29 is 4.74 Å². The van der Waals surface area contributed by atoms with E-state index in [1.165, 1.54) is 6.33 Å². The summed E-state index contributed by atoms with van der Waals surface area (Å²) in [7, 11) is 0. The van der Waals surface area contributed by atoms with Crippen molar-refractivity contribution in [1.29, 1.82) is 0 Å². The molecule has 0 aromatic carbocycles. The van der Waals surface area contributed by atoms with Crippen molar-refractivity contribution in [3.8, 4) is 0 Å². The average Bonchev–Trinajstić information content (AvgIpc) is 2.98. The van der Waals surface area contributed by atoms with Crippen LogP contribution in [0.1, 0.15) is 25.5 Å². The predicted octanol–water partition coefficient (Wildman–Crippen LogP) is 1.41. The van der Waals surface area contributed by atoms with Crippen LogP contribution in [-0.4, -0.2) is 38.3 Å². The van der Waals surface area contributed by atoms with Crippen LogP contribution in [0.4, 0.5) is 5.82 Å². The minimum atomic E-state index is 0.252. The van der Waals surface area contributed by atoms with Crippen molar-refractivity contribution in [2.45, 2.75) is 38.8 Å². The Morgan fingerprint density at radius 3 is 3.22 bits per heavy atom. The number of rotatable bonds is 3. The fraction of sp³-hybridized carbons (Fsp3) is 0.583. The lowest BCUT2D eigenvalue weighted by molar-refractivity contribution is 0.0995. The molecular formula is C12H17N5O. The second-order valence-corrected chi connectivity index (χ2v) is 4.74. The van der Waals surface area contributed by atoms with Crippen LogP contribution in [-0.2, 0) is 4.74 Å². The van der Waals surface area contributed by atoms with E-state index in [9.17, 15) is 0 Å². The van der Waals surface area contributed by atoms with Gasteiger partial charge in [0, 0.05) is 18.4 Å². The third-order valence-corrected chi connectivity index (χ3v) is 3.28. The van der Waals surface area contributed by atoms with Crippen LogP contribution < -0.4 is 5.32 Å². The minimum absolute atomic E-state index is 0.252. The average molecular weight is 247 g/mol. The van der Waals surface area contributed by atoms with E-state index in [4.69, 9.17) is 4.74 Å². The molecule has 0 aliphatic carbocycles. The maximum absolute atomic E-state index is 5.69. The van der Waals surface area contributed by atoms with E-state index in [0.717, 1.165) is 31.0 Å². The zero-order valence-electron chi connectivity index (χ0n) is 10.6. The molecule has 0 radical (unpaired) electrons. The molecule has 96 valence electrons. The van der Waals surface area contributed by atoms with E-state index in [0.29, 0.717) is 5.78 Å². The number of hydrogen-bond acceptors (Lipinski definition) is 5. The first-order chi connectivity index (χ1) is 8.74. The monoisotopic (exact) mass is 247 g/mol. The van der Waals surface area contributed by atoms with Gasteiger partial charge in [-0.05, 0) is 26.7 Å². The van der Waals surface area contributed by atoms with Crippen molar-refractivity contribution in [3.05, 3.63) is 18.1 Å². The van der Waals surface area contributed by atoms with E-state index in [2.05, 4.69) is 27.3 Å². The molecular weight excluding hydrogens is 230 g/mol. The van der Waals surface area contributed by atoms with Gasteiger partial charge in [0.1, 0.15) is 12.1 Å². The first-order valence-corrected chi connectivity index (χ1v) is 6.29. The molecule has 1 aliphatic heterocycles. The Bertz CT molecular complexity index is 546. The quantitative estimate of drug-likeness (QED) is 0.888. The van der Waals surface area contributed by atoms with Gasteiger partial charge in [-0.3, -0.25) is 0 Å². The molecule has 0 amide bonds. The number of nitrogens with zero attached hydrogens (tertiary/aromatic N) is 4. The normalized spacial score (nSPS) is 21.3. The van der Waals surface area contributed by atoms with Gasteiger partial charge in [-0.25, -0.2) is 4.98 Å². The third kappa shape index (κ3) is 2.03. The molecule has 1 fully saturated rings. The molecule has 0 saturated carbocycles. The van der Waals surface area contributed by atoms with Crippen LogP contribution in [0.15, 0.2) is 12.4 Å². The van der Waals surface area contributed by atoms with Gasteiger partial charge in [-0.1, -0.05) is 0 Å². The van der Waals surface area contributed by atoms with Gasteiger partial charge in [0.25, 0.3) is 5.78 Å². The number of hydrogen-bond donors (Lipinski definition) is 1. The highest BCUT2D eigenvalue weighted by Crippen LogP contribution is 2.19. The Kier molecular flexibility index (Phi) is 2.87. The molecule has 1 N–H and O–H groups in total. The highest BCUT2D eigenvalue weighted by molar-refractivity contribution is 5.45. The van der Waals surface area contributed by atoms with E-state index >= 15 is 0 Å². The second-order valence-electron chi connectivity index (χ2n) is 4.74. The van der Waals surface area contributed by atoms with Gasteiger partial charge in [0.15, 0.2) is 0 Å². The second kappa shape index (κ2) is 4.53. The highest BCUT2D eigenvalue weighted by Gasteiger charge is 2.23.